The lowest BCUT2D eigenvalue weighted by Crippen LogP contribution is -2.12. The summed E-state index contributed by atoms with van der Waals surface area (Å²) in [5.41, 5.74) is 4.38. The molecule has 0 saturated carbocycles. The van der Waals surface area contributed by atoms with Crippen LogP contribution >= 0.6 is 11.3 Å². The van der Waals surface area contributed by atoms with Crippen LogP contribution in [0.4, 0.5) is 5.13 Å². The number of nitrogens with one attached hydrogen (secondary N) is 1. The van der Waals surface area contributed by atoms with Gasteiger partial charge in [0.15, 0.2) is 11.0 Å². The SMILES string of the molecule is CCn1nnnc1-c1cccc(C(=O)Nc2nc(-c3ccc(C)cc3)cs2)c1. The lowest BCUT2D eigenvalue weighted by molar-refractivity contribution is 0.102. The Morgan fingerprint density at radius 1 is 1.14 bits per heavy atom. The Bertz CT molecular complexity index is 1120. The molecule has 1 amide bonds. The normalized spacial score (nSPS) is 10.8. The summed E-state index contributed by atoms with van der Waals surface area (Å²) in [5, 5.41) is 17.1. The maximum atomic E-state index is 12.7. The molecule has 0 fully saturated rings. The second-order valence-electron chi connectivity index (χ2n) is 6.26. The summed E-state index contributed by atoms with van der Waals surface area (Å²) < 4.78 is 1.69. The van der Waals surface area contributed by atoms with Gasteiger partial charge in [-0.05, 0) is 36.4 Å². The van der Waals surface area contributed by atoms with E-state index in [1.165, 1.54) is 16.9 Å². The number of nitrogens with zero attached hydrogens (tertiary/aromatic N) is 5. The van der Waals surface area contributed by atoms with Crippen LogP contribution in [0.1, 0.15) is 22.8 Å². The first-order valence-electron chi connectivity index (χ1n) is 8.84. The number of carbonyl (C=O) groups excluding carboxylic acids is 1. The number of aryl methyl sites for hydroxylation is 2. The molecule has 0 unspecified atom stereocenters. The average molecular weight is 390 g/mol. The van der Waals surface area contributed by atoms with Gasteiger partial charge in [-0.2, -0.15) is 0 Å². The lowest BCUT2D eigenvalue weighted by Gasteiger charge is -2.05. The Balaban J connectivity index is 1.53. The van der Waals surface area contributed by atoms with Crippen molar-refractivity contribution in [2.24, 2.45) is 0 Å². The number of rotatable bonds is 5. The van der Waals surface area contributed by atoms with Gasteiger partial charge in [0, 0.05) is 28.6 Å². The number of tetrazole rings is 1. The minimum absolute atomic E-state index is 0.220. The Hall–Kier alpha value is -3.39. The summed E-state index contributed by atoms with van der Waals surface area (Å²) in [6.07, 6.45) is 0. The van der Waals surface area contributed by atoms with Crippen LogP contribution in [-0.4, -0.2) is 31.1 Å². The number of thiazole rings is 1. The minimum Gasteiger partial charge on any atom is -0.298 e. The number of benzene rings is 2. The molecule has 2 aromatic heterocycles. The molecule has 0 spiro atoms. The predicted molar refractivity (Wildman–Crippen MR) is 109 cm³/mol. The third kappa shape index (κ3) is 3.67. The Labute approximate surface area is 166 Å². The van der Waals surface area contributed by atoms with Crippen molar-refractivity contribution in [2.45, 2.75) is 20.4 Å². The van der Waals surface area contributed by atoms with E-state index in [0.717, 1.165) is 16.8 Å². The summed E-state index contributed by atoms with van der Waals surface area (Å²) in [6.45, 7) is 4.66. The standard InChI is InChI=1S/C20H18N6OS/c1-3-26-18(23-24-25-26)15-5-4-6-16(11-15)19(27)22-20-21-17(12-28-20)14-9-7-13(2)8-10-14/h4-12H,3H2,1-2H3,(H,21,22,27). The molecule has 1 N–H and O–H groups in total. The lowest BCUT2D eigenvalue weighted by atomic mass is 10.1. The van der Waals surface area contributed by atoms with Crippen LogP contribution in [0.5, 0.6) is 0 Å². The summed E-state index contributed by atoms with van der Waals surface area (Å²) in [6, 6.07) is 15.4. The van der Waals surface area contributed by atoms with E-state index in [0.29, 0.717) is 23.1 Å². The van der Waals surface area contributed by atoms with Gasteiger partial charge < -0.3 is 0 Å². The van der Waals surface area contributed by atoms with E-state index >= 15 is 0 Å². The third-order valence-corrected chi connectivity index (χ3v) is 5.04. The smallest absolute Gasteiger partial charge is 0.257 e. The quantitative estimate of drug-likeness (QED) is 0.556. The molecule has 0 atom stereocenters. The number of hydrogen-bond acceptors (Lipinski definition) is 6. The van der Waals surface area contributed by atoms with Gasteiger partial charge in [-0.3, -0.25) is 10.1 Å². The summed E-state index contributed by atoms with van der Waals surface area (Å²) in [7, 11) is 0. The van der Waals surface area contributed by atoms with E-state index in [1.54, 1.807) is 16.8 Å². The molecule has 0 bridgehead atoms. The van der Waals surface area contributed by atoms with Crippen LogP contribution in [0.15, 0.2) is 53.9 Å². The van der Waals surface area contributed by atoms with E-state index in [4.69, 9.17) is 0 Å². The van der Waals surface area contributed by atoms with Crippen molar-refractivity contribution >= 4 is 22.4 Å². The van der Waals surface area contributed by atoms with Gasteiger partial charge in [-0.1, -0.05) is 42.0 Å². The van der Waals surface area contributed by atoms with Gasteiger partial charge in [0.05, 0.1) is 5.69 Å². The number of carbonyl (C=O) groups is 1. The molecule has 0 aliphatic carbocycles. The number of amides is 1. The number of anilines is 1. The molecule has 140 valence electrons. The highest BCUT2D eigenvalue weighted by atomic mass is 32.1. The number of hydrogen-bond donors (Lipinski definition) is 1. The fourth-order valence-electron chi connectivity index (χ4n) is 2.78. The zero-order valence-electron chi connectivity index (χ0n) is 15.5. The minimum atomic E-state index is -0.220. The summed E-state index contributed by atoms with van der Waals surface area (Å²) in [5.74, 6) is 0.412. The topological polar surface area (TPSA) is 85.6 Å². The molecule has 0 aliphatic rings. The highest BCUT2D eigenvalue weighted by Crippen LogP contribution is 2.26. The molecule has 7 nitrogen and oxygen atoms in total. The zero-order valence-corrected chi connectivity index (χ0v) is 16.3. The number of aromatic nitrogens is 5. The van der Waals surface area contributed by atoms with Crippen molar-refractivity contribution in [3.63, 3.8) is 0 Å². The first-order valence-corrected chi connectivity index (χ1v) is 9.72. The molecular formula is C20H18N6OS. The summed E-state index contributed by atoms with van der Waals surface area (Å²) >= 11 is 1.40. The van der Waals surface area contributed by atoms with Crippen LogP contribution in [0, 0.1) is 6.92 Å². The predicted octanol–water partition coefficient (Wildman–Crippen LogP) is 4.04. The van der Waals surface area contributed by atoms with Crippen LogP contribution < -0.4 is 5.32 Å². The molecule has 0 radical (unpaired) electrons. The van der Waals surface area contributed by atoms with Crippen LogP contribution in [0.2, 0.25) is 0 Å². The van der Waals surface area contributed by atoms with Gasteiger partial charge in [0.25, 0.3) is 5.91 Å². The second kappa shape index (κ2) is 7.69. The maximum absolute atomic E-state index is 12.7. The molecule has 28 heavy (non-hydrogen) atoms. The second-order valence-corrected chi connectivity index (χ2v) is 7.12. The van der Waals surface area contributed by atoms with E-state index in [1.807, 2.05) is 55.6 Å². The first-order chi connectivity index (χ1) is 13.6. The molecular weight excluding hydrogens is 372 g/mol. The van der Waals surface area contributed by atoms with Gasteiger partial charge in [0.2, 0.25) is 0 Å². The van der Waals surface area contributed by atoms with Gasteiger partial charge in [-0.25, -0.2) is 9.67 Å². The Morgan fingerprint density at radius 3 is 2.75 bits per heavy atom. The van der Waals surface area contributed by atoms with Crippen molar-refractivity contribution in [3.05, 3.63) is 65.0 Å². The monoisotopic (exact) mass is 390 g/mol. The molecule has 4 rings (SSSR count). The first kappa shape index (κ1) is 18.0. The molecule has 4 aromatic rings. The molecule has 2 heterocycles. The van der Waals surface area contributed by atoms with Crippen molar-refractivity contribution in [3.8, 4) is 22.6 Å². The molecule has 0 aliphatic heterocycles. The van der Waals surface area contributed by atoms with E-state index < -0.39 is 0 Å². The summed E-state index contributed by atoms with van der Waals surface area (Å²) in [4.78, 5) is 17.2. The van der Waals surface area contributed by atoms with Crippen LogP contribution in [-0.2, 0) is 6.54 Å². The van der Waals surface area contributed by atoms with Crippen molar-refractivity contribution in [2.75, 3.05) is 5.32 Å². The van der Waals surface area contributed by atoms with E-state index in [2.05, 4.69) is 25.8 Å². The van der Waals surface area contributed by atoms with Gasteiger partial charge in [-0.15, -0.1) is 16.4 Å². The van der Waals surface area contributed by atoms with E-state index in [-0.39, 0.29) is 5.91 Å². The Kier molecular flexibility index (Phi) is 4.94. The average Bonchev–Trinajstić information content (AvgIpc) is 3.38. The Morgan fingerprint density at radius 2 is 1.96 bits per heavy atom. The zero-order chi connectivity index (χ0) is 19.5. The molecule has 2 aromatic carbocycles. The van der Waals surface area contributed by atoms with Crippen LogP contribution in [0.3, 0.4) is 0 Å². The van der Waals surface area contributed by atoms with Gasteiger partial charge in [0.1, 0.15) is 0 Å². The van der Waals surface area contributed by atoms with Crippen LogP contribution in [0.25, 0.3) is 22.6 Å². The highest BCUT2D eigenvalue weighted by Gasteiger charge is 2.13. The van der Waals surface area contributed by atoms with Crippen molar-refractivity contribution in [1.29, 1.82) is 0 Å². The fraction of sp³-hybridized carbons (Fsp3) is 0.150. The highest BCUT2D eigenvalue weighted by molar-refractivity contribution is 7.14. The largest absolute Gasteiger partial charge is 0.298 e. The molecule has 8 heteroatoms. The third-order valence-electron chi connectivity index (χ3n) is 4.29. The van der Waals surface area contributed by atoms with Crippen molar-refractivity contribution in [1.82, 2.24) is 25.2 Å². The fourth-order valence-corrected chi connectivity index (χ4v) is 3.50. The molecule has 0 saturated heterocycles. The van der Waals surface area contributed by atoms with Gasteiger partial charge >= 0.3 is 0 Å². The van der Waals surface area contributed by atoms with Crippen molar-refractivity contribution < 1.29 is 4.79 Å². The maximum Gasteiger partial charge on any atom is 0.257 e. The van der Waals surface area contributed by atoms with E-state index in [9.17, 15) is 4.79 Å².